The number of nitrogens with zero attached hydrogens (tertiary/aromatic N) is 5. The van der Waals surface area contributed by atoms with Crippen LogP contribution in [0.15, 0.2) is 24.3 Å². The van der Waals surface area contributed by atoms with Gasteiger partial charge in [-0.2, -0.15) is 4.98 Å². The molecule has 8 nitrogen and oxygen atoms in total. The van der Waals surface area contributed by atoms with Crippen molar-refractivity contribution in [1.82, 2.24) is 19.4 Å². The van der Waals surface area contributed by atoms with E-state index in [1.54, 1.807) is 4.90 Å². The van der Waals surface area contributed by atoms with Crippen LogP contribution in [-0.2, 0) is 11.3 Å². The highest BCUT2D eigenvalue weighted by molar-refractivity contribution is 6.30. The van der Waals surface area contributed by atoms with E-state index < -0.39 is 0 Å². The van der Waals surface area contributed by atoms with Gasteiger partial charge in [-0.15, -0.1) is 0 Å². The molecule has 1 aliphatic heterocycles. The number of carbonyl (C=O) groups excluding carboxylic acids is 1. The van der Waals surface area contributed by atoms with E-state index in [4.69, 9.17) is 26.1 Å². The monoisotopic (exact) mass is 463 g/mol. The molecule has 1 fully saturated rings. The molecule has 0 spiro atoms. The molecule has 0 unspecified atom stereocenters. The predicted molar refractivity (Wildman–Crippen MR) is 127 cm³/mol. The van der Waals surface area contributed by atoms with Crippen LogP contribution in [0.5, 0.6) is 6.01 Å². The number of carbonyl (C=O) groups is 1. The van der Waals surface area contributed by atoms with Gasteiger partial charge in [-0.05, 0) is 24.1 Å². The smallest absolute Gasteiger partial charge is 0.299 e. The highest BCUT2D eigenvalue weighted by Crippen LogP contribution is 2.28. The summed E-state index contributed by atoms with van der Waals surface area (Å²) in [5.41, 5.74) is 1.55. The molecule has 0 aliphatic carbocycles. The van der Waals surface area contributed by atoms with Crippen molar-refractivity contribution < 1.29 is 14.3 Å². The van der Waals surface area contributed by atoms with Crippen molar-refractivity contribution in [1.29, 1.82) is 0 Å². The van der Waals surface area contributed by atoms with Crippen LogP contribution in [0, 0.1) is 0 Å². The number of rotatable bonds is 10. The molecule has 2 heterocycles. The molecule has 1 aromatic carbocycles. The van der Waals surface area contributed by atoms with E-state index in [2.05, 4.69) is 11.8 Å². The molecule has 0 bridgehead atoms. The fraction of sp³-hybridized carbons (Fsp3) is 0.565. The average Bonchev–Trinajstić information content (AvgIpc) is 3.14. The van der Waals surface area contributed by atoms with E-state index in [-0.39, 0.29) is 5.91 Å². The Morgan fingerprint density at radius 1 is 1.19 bits per heavy atom. The molecule has 0 saturated carbocycles. The van der Waals surface area contributed by atoms with E-state index >= 15 is 0 Å². The van der Waals surface area contributed by atoms with Crippen LogP contribution in [0.4, 0.5) is 5.82 Å². The highest BCUT2D eigenvalue weighted by Gasteiger charge is 2.28. The zero-order valence-electron chi connectivity index (χ0n) is 19.5. The topological polar surface area (TPSA) is 63.1 Å². The van der Waals surface area contributed by atoms with Gasteiger partial charge in [0.05, 0.1) is 19.8 Å². The van der Waals surface area contributed by atoms with Gasteiger partial charge in [-0.1, -0.05) is 30.7 Å². The SMILES string of the molecule is CCCN(C)C(=O)c1c(N(C)C)nc(OCCN2CCOCC2)n1Cc1ccc(Cl)cc1. The van der Waals surface area contributed by atoms with Crippen molar-refractivity contribution in [2.24, 2.45) is 0 Å². The van der Waals surface area contributed by atoms with Gasteiger partial charge in [0, 0.05) is 52.3 Å². The number of halogens is 1. The van der Waals surface area contributed by atoms with Crippen LogP contribution in [-0.4, -0.2) is 92.4 Å². The number of hydrogen-bond donors (Lipinski definition) is 0. The minimum Gasteiger partial charge on any atom is -0.463 e. The second-order valence-corrected chi connectivity index (χ2v) is 8.64. The van der Waals surface area contributed by atoms with Crippen LogP contribution in [0.1, 0.15) is 29.4 Å². The zero-order valence-corrected chi connectivity index (χ0v) is 20.3. The van der Waals surface area contributed by atoms with Crippen molar-refractivity contribution in [3.05, 3.63) is 40.5 Å². The van der Waals surface area contributed by atoms with Crippen LogP contribution < -0.4 is 9.64 Å². The lowest BCUT2D eigenvalue weighted by Crippen LogP contribution is -2.38. The maximum Gasteiger partial charge on any atom is 0.299 e. The minimum absolute atomic E-state index is 0.0694. The van der Waals surface area contributed by atoms with Gasteiger partial charge in [-0.3, -0.25) is 14.3 Å². The Morgan fingerprint density at radius 2 is 1.88 bits per heavy atom. The van der Waals surface area contributed by atoms with Crippen LogP contribution in [0.3, 0.4) is 0 Å². The van der Waals surface area contributed by atoms with E-state index in [1.165, 1.54) is 0 Å². The van der Waals surface area contributed by atoms with Gasteiger partial charge >= 0.3 is 0 Å². The quantitative estimate of drug-likeness (QED) is 0.540. The number of amides is 1. The maximum atomic E-state index is 13.4. The number of anilines is 1. The number of benzene rings is 1. The van der Waals surface area contributed by atoms with Crippen LogP contribution in [0.2, 0.25) is 5.02 Å². The molecular weight excluding hydrogens is 430 g/mol. The maximum absolute atomic E-state index is 13.4. The van der Waals surface area contributed by atoms with E-state index in [0.717, 1.165) is 44.8 Å². The third-order valence-corrected chi connectivity index (χ3v) is 5.69. The predicted octanol–water partition coefficient (Wildman–Crippen LogP) is 2.84. The first-order valence-electron chi connectivity index (χ1n) is 11.1. The molecule has 0 radical (unpaired) electrons. The lowest BCUT2D eigenvalue weighted by atomic mass is 10.2. The molecule has 0 atom stereocenters. The minimum atomic E-state index is -0.0694. The zero-order chi connectivity index (χ0) is 23.1. The number of hydrogen-bond acceptors (Lipinski definition) is 6. The Balaban J connectivity index is 1.91. The Labute approximate surface area is 195 Å². The lowest BCUT2D eigenvalue weighted by Gasteiger charge is -2.26. The molecular formula is C23H34ClN5O3. The van der Waals surface area contributed by atoms with E-state index in [1.807, 2.05) is 54.9 Å². The second-order valence-electron chi connectivity index (χ2n) is 8.20. The van der Waals surface area contributed by atoms with Crippen molar-refractivity contribution in [3.63, 3.8) is 0 Å². The molecule has 1 amide bonds. The second kappa shape index (κ2) is 11.5. The fourth-order valence-electron chi connectivity index (χ4n) is 3.68. The first-order valence-corrected chi connectivity index (χ1v) is 11.5. The molecule has 32 heavy (non-hydrogen) atoms. The fourth-order valence-corrected chi connectivity index (χ4v) is 3.81. The van der Waals surface area contributed by atoms with Crippen molar-refractivity contribution in [2.75, 3.05) is 72.0 Å². The molecule has 2 aromatic rings. The van der Waals surface area contributed by atoms with Crippen molar-refractivity contribution in [3.8, 4) is 6.01 Å². The standard InChI is InChI=1S/C23H34ClN5O3/c1-5-10-27(4)22(30)20-21(26(2)3)25-23(32-16-13-28-11-14-31-15-12-28)29(20)17-18-6-8-19(24)9-7-18/h6-9H,5,10-17H2,1-4H3. The third kappa shape index (κ3) is 6.15. The van der Waals surface area contributed by atoms with Crippen molar-refractivity contribution >= 4 is 23.3 Å². The normalized spacial score (nSPS) is 14.4. The average molecular weight is 464 g/mol. The molecule has 9 heteroatoms. The summed E-state index contributed by atoms with van der Waals surface area (Å²) < 4.78 is 13.4. The molecule has 1 aromatic heterocycles. The number of imidazole rings is 1. The Morgan fingerprint density at radius 3 is 2.50 bits per heavy atom. The third-order valence-electron chi connectivity index (χ3n) is 5.44. The summed E-state index contributed by atoms with van der Waals surface area (Å²) in [5, 5.41) is 0.675. The summed E-state index contributed by atoms with van der Waals surface area (Å²) >= 11 is 6.07. The first kappa shape index (κ1) is 24.4. The van der Waals surface area contributed by atoms with Gasteiger partial charge in [-0.25, -0.2) is 0 Å². The summed E-state index contributed by atoms with van der Waals surface area (Å²) in [6.07, 6.45) is 0.883. The van der Waals surface area contributed by atoms with Gasteiger partial charge < -0.3 is 19.3 Å². The number of ether oxygens (including phenoxy) is 2. The van der Waals surface area contributed by atoms with Gasteiger partial charge in [0.2, 0.25) is 0 Å². The molecule has 3 rings (SSSR count). The van der Waals surface area contributed by atoms with Gasteiger partial charge in [0.15, 0.2) is 11.5 Å². The largest absolute Gasteiger partial charge is 0.463 e. The molecule has 0 N–H and O–H groups in total. The van der Waals surface area contributed by atoms with Gasteiger partial charge in [0.1, 0.15) is 6.61 Å². The Bertz CT molecular complexity index is 879. The Hall–Kier alpha value is -2.29. The molecule has 176 valence electrons. The number of morpholine rings is 1. The van der Waals surface area contributed by atoms with Crippen LogP contribution in [0.25, 0.3) is 0 Å². The van der Waals surface area contributed by atoms with E-state index in [9.17, 15) is 4.79 Å². The molecule has 1 saturated heterocycles. The lowest BCUT2D eigenvalue weighted by molar-refractivity contribution is 0.0314. The summed E-state index contributed by atoms with van der Waals surface area (Å²) in [6, 6.07) is 8.07. The number of aromatic nitrogens is 2. The van der Waals surface area contributed by atoms with Crippen LogP contribution >= 0.6 is 11.6 Å². The summed E-state index contributed by atoms with van der Waals surface area (Å²) in [5.74, 6) is 0.535. The highest BCUT2D eigenvalue weighted by atomic mass is 35.5. The Kier molecular flexibility index (Phi) is 8.78. The van der Waals surface area contributed by atoms with Gasteiger partial charge in [0.25, 0.3) is 11.9 Å². The summed E-state index contributed by atoms with van der Waals surface area (Å²) in [6.45, 7) is 7.76. The van der Waals surface area contributed by atoms with Crippen molar-refractivity contribution in [2.45, 2.75) is 19.9 Å². The van der Waals surface area contributed by atoms with E-state index in [0.29, 0.717) is 42.2 Å². The summed E-state index contributed by atoms with van der Waals surface area (Å²) in [7, 11) is 5.61. The molecule has 1 aliphatic rings. The summed E-state index contributed by atoms with van der Waals surface area (Å²) in [4.78, 5) is 24.0. The first-order chi connectivity index (χ1) is 15.4.